The number of benzene rings is 9. The van der Waals surface area contributed by atoms with Gasteiger partial charge in [-0.25, -0.2) is 15.0 Å². The molecule has 334 valence electrons. The SMILES string of the molecule is C=C/C=C(\c1c(C)n(-c2ccccc2)c2c1ccc1c3ccccc3n(-c3ccccc3)c12)c1cccc2oc3cc(-c4nc(-c5ccccc5)nc(-c5cccc6c5oc5ccccc56)n4)ccc3c12. The second-order valence-corrected chi connectivity index (χ2v) is 17.9. The summed E-state index contributed by atoms with van der Waals surface area (Å²) in [6, 6.07) is 71.6. The third-order valence-corrected chi connectivity index (χ3v) is 13.9. The Morgan fingerprint density at radius 3 is 1.86 bits per heavy atom. The van der Waals surface area contributed by atoms with Crippen LogP contribution < -0.4 is 0 Å². The number of hydrogen-bond donors (Lipinski definition) is 0. The van der Waals surface area contributed by atoms with Gasteiger partial charge in [-0.05, 0) is 78.7 Å². The maximum Gasteiger partial charge on any atom is 0.167 e. The lowest BCUT2D eigenvalue weighted by Crippen LogP contribution is -2.00. The Bertz CT molecular complexity index is 4480. The van der Waals surface area contributed by atoms with Crippen molar-refractivity contribution in [3.63, 3.8) is 0 Å². The monoisotopic (exact) mass is 911 g/mol. The molecule has 0 unspecified atom stereocenters. The molecule has 0 radical (unpaired) electrons. The number of furan rings is 2. The highest BCUT2D eigenvalue weighted by Gasteiger charge is 2.27. The van der Waals surface area contributed by atoms with Crippen molar-refractivity contribution in [2.24, 2.45) is 0 Å². The van der Waals surface area contributed by atoms with Gasteiger partial charge in [0.1, 0.15) is 22.3 Å². The second kappa shape index (κ2) is 16.0. The molecule has 7 nitrogen and oxygen atoms in total. The molecule has 5 heterocycles. The van der Waals surface area contributed by atoms with Crippen LogP contribution in [0.2, 0.25) is 0 Å². The van der Waals surface area contributed by atoms with Crippen molar-refractivity contribution in [2.75, 3.05) is 0 Å². The van der Waals surface area contributed by atoms with Gasteiger partial charge in [-0.2, -0.15) is 0 Å². The highest BCUT2D eigenvalue weighted by atomic mass is 16.3. The summed E-state index contributed by atoms with van der Waals surface area (Å²) in [5, 5.41) is 7.58. The molecule has 7 heteroatoms. The van der Waals surface area contributed by atoms with Crippen molar-refractivity contribution < 1.29 is 8.83 Å². The van der Waals surface area contributed by atoms with Crippen LogP contribution in [0.15, 0.2) is 234 Å². The Morgan fingerprint density at radius 2 is 1.07 bits per heavy atom. The molecule has 0 aliphatic heterocycles. The van der Waals surface area contributed by atoms with Gasteiger partial charge in [0.05, 0.1) is 22.1 Å². The van der Waals surface area contributed by atoms with E-state index in [4.69, 9.17) is 23.8 Å². The first-order valence-corrected chi connectivity index (χ1v) is 23.8. The van der Waals surface area contributed by atoms with Gasteiger partial charge in [-0.1, -0.05) is 164 Å². The maximum absolute atomic E-state index is 6.84. The average Bonchev–Trinajstić information content (AvgIpc) is 4.18. The Kier molecular flexibility index (Phi) is 9.13. The minimum absolute atomic E-state index is 0.524. The summed E-state index contributed by atoms with van der Waals surface area (Å²) in [5.41, 5.74) is 15.5. The van der Waals surface area contributed by atoms with Crippen LogP contribution in [0, 0.1) is 6.92 Å². The molecule has 14 aromatic rings. The molecule has 5 aromatic heterocycles. The Balaban J connectivity index is 0.974. The molecule has 0 saturated carbocycles. The van der Waals surface area contributed by atoms with Gasteiger partial charge in [0.15, 0.2) is 17.5 Å². The van der Waals surface area contributed by atoms with Gasteiger partial charge in [-0.15, -0.1) is 0 Å². The molecule has 0 aliphatic rings. The van der Waals surface area contributed by atoms with E-state index in [2.05, 4.69) is 174 Å². The lowest BCUT2D eigenvalue weighted by Gasteiger charge is -2.13. The zero-order chi connectivity index (χ0) is 47.2. The van der Waals surface area contributed by atoms with Crippen LogP contribution >= 0.6 is 0 Å². The van der Waals surface area contributed by atoms with Crippen LogP contribution in [0.4, 0.5) is 0 Å². The van der Waals surface area contributed by atoms with E-state index in [0.717, 1.165) is 116 Å². The minimum Gasteiger partial charge on any atom is -0.456 e. The number of allylic oxidation sites excluding steroid dienone is 2. The second-order valence-electron chi connectivity index (χ2n) is 17.9. The summed E-state index contributed by atoms with van der Waals surface area (Å²) >= 11 is 0. The summed E-state index contributed by atoms with van der Waals surface area (Å²) in [6.45, 7) is 6.52. The molecule has 9 aromatic carbocycles. The Hall–Kier alpha value is -9.59. The summed E-state index contributed by atoms with van der Waals surface area (Å²) in [4.78, 5) is 15.3. The molecule has 0 fully saturated rings. The number of fused-ring (bicyclic) bond motifs is 11. The highest BCUT2D eigenvalue weighted by Crippen LogP contribution is 2.46. The fourth-order valence-electron chi connectivity index (χ4n) is 10.9. The largest absolute Gasteiger partial charge is 0.456 e. The third-order valence-electron chi connectivity index (χ3n) is 13.9. The fourth-order valence-corrected chi connectivity index (χ4v) is 10.9. The summed E-state index contributed by atoms with van der Waals surface area (Å²) in [6.07, 6.45) is 4.05. The van der Waals surface area contributed by atoms with Crippen LogP contribution in [0.25, 0.3) is 128 Å². The normalized spacial score (nSPS) is 12.2. The quantitative estimate of drug-likeness (QED) is 0.142. The van der Waals surface area contributed by atoms with Crippen molar-refractivity contribution >= 4 is 82.2 Å². The molecule has 0 atom stereocenters. The Labute approximate surface area is 407 Å². The molecular formula is C64H41N5O2. The van der Waals surface area contributed by atoms with E-state index in [9.17, 15) is 0 Å². The standard InChI is InChI=1S/C64H41N5O2/c1-3-19-46(57-39(2)68(42-22-9-5-10-23-42)60-51(57)37-36-48-44-26-13-15-31-53(44)69(59(48)60)43-24-11-6-12-25-43)47-28-18-33-55-58(47)50-35-34-41(38-56(50)70-55)63-65-62(40-20-7-4-8-21-40)66-64(67-63)52-30-17-29-49-45-27-14-16-32-54(45)71-61(49)52/h3-38H,1H2,2H3/b46-19-. The molecule has 0 saturated heterocycles. The molecule has 0 N–H and O–H groups in total. The van der Waals surface area contributed by atoms with Gasteiger partial charge >= 0.3 is 0 Å². The minimum atomic E-state index is 0.524. The number of aromatic nitrogens is 5. The fraction of sp³-hybridized carbons (Fsp3) is 0.0156. The zero-order valence-corrected chi connectivity index (χ0v) is 38.5. The number of hydrogen-bond acceptors (Lipinski definition) is 5. The third kappa shape index (κ3) is 6.26. The molecule has 0 amide bonds. The van der Waals surface area contributed by atoms with Crippen molar-refractivity contribution in [1.29, 1.82) is 0 Å². The summed E-state index contributed by atoms with van der Waals surface area (Å²) < 4.78 is 18.2. The Morgan fingerprint density at radius 1 is 0.465 bits per heavy atom. The number of nitrogens with zero attached hydrogens (tertiary/aromatic N) is 5. The van der Waals surface area contributed by atoms with E-state index < -0.39 is 0 Å². The molecule has 0 bridgehead atoms. The van der Waals surface area contributed by atoms with Crippen molar-refractivity contribution in [2.45, 2.75) is 6.92 Å². The van der Waals surface area contributed by atoms with Gasteiger partial charge < -0.3 is 18.0 Å². The molecule has 0 spiro atoms. The summed E-state index contributed by atoms with van der Waals surface area (Å²) in [7, 11) is 0. The molecule has 0 aliphatic carbocycles. The number of rotatable bonds is 8. The van der Waals surface area contributed by atoms with E-state index >= 15 is 0 Å². The average molecular weight is 912 g/mol. The topological polar surface area (TPSA) is 74.8 Å². The van der Waals surface area contributed by atoms with Crippen molar-refractivity contribution in [3.05, 3.63) is 242 Å². The van der Waals surface area contributed by atoms with Crippen LogP contribution in [0.3, 0.4) is 0 Å². The van der Waals surface area contributed by atoms with E-state index in [1.165, 1.54) is 10.8 Å². The van der Waals surface area contributed by atoms with E-state index in [0.29, 0.717) is 17.5 Å². The van der Waals surface area contributed by atoms with Crippen molar-refractivity contribution in [3.8, 4) is 45.5 Å². The summed E-state index contributed by atoms with van der Waals surface area (Å²) in [5.74, 6) is 1.62. The van der Waals surface area contributed by atoms with E-state index in [1.54, 1.807) is 0 Å². The van der Waals surface area contributed by atoms with Crippen LogP contribution in [-0.2, 0) is 0 Å². The van der Waals surface area contributed by atoms with Gasteiger partial charge in [-0.3, -0.25) is 0 Å². The van der Waals surface area contributed by atoms with Gasteiger partial charge in [0, 0.05) is 71.5 Å². The molecule has 14 rings (SSSR count). The number of para-hydroxylation sites is 5. The van der Waals surface area contributed by atoms with E-state index in [-0.39, 0.29) is 0 Å². The zero-order valence-electron chi connectivity index (χ0n) is 38.5. The van der Waals surface area contributed by atoms with Crippen LogP contribution in [0.5, 0.6) is 0 Å². The lowest BCUT2D eigenvalue weighted by molar-refractivity contribution is 0.668. The van der Waals surface area contributed by atoms with Crippen LogP contribution in [0.1, 0.15) is 16.8 Å². The first-order valence-electron chi connectivity index (χ1n) is 23.8. The first kappa shape index (κ1) is 40.5. The maximum atomic E-state index is 6.84. The smallest absolute Gasteiger partial charge is 0.167 e. The van der Waals surface area contributed by atoms with Gasteiger partial charge in [0.2, 0.25) is 0 Å². The molecular weight excluding hydrogens is 871 g/mol. The van der Waals surface area contributed by atoms with E-state index in [1.807, 2.05) is 66.7 Å². The van der Waals surface area contributed by atoms with Gasteiger partial charge in [0.25, 0.3) is 0 Å². The van der Waals surface area contributed by atoms with Crippen LogP contribution in [-0.4, -0.2) is 24.1 Å². The van der Waals surface area contributed by atoms with Crippen molar-refractivity contribution in [1.82, 2.24) is 24.1 Å². The predicted octanol–water partition coefficient (Wildman–Crippen LogP) is 16.6. The molecule has 71 heavy (non-hydrogen) atoms. The highest BCUT2D eigenvalue weighted by molar-refractivity contribution is 6.21. The first-order chi connectivity index (χ1) is 35.1. The lowest BCUT2D eigenvalue weighted by atomic mass is 9.91. The predicted molar refractivity (Wildman–Crippen MR) is 290 cm³/mol.